The van der Waals surface area contributed by atoms with Crippen LogP contribution in [-0.4, -0.2) is 5.71 Å². The third-order valence-corrected chi connectivity index (χ3v) is 4.11. The largest absolute Gasteiger partial charge is 0.387 e. The molecule has 1 aliphatic rings. The molecular weight excluding hydrogens is 293 g/mol. The molecule has 0 amide bonds. The van der Waals surface area contributed by atoms with Crippen molar-refractivity contribution in [2.24, 2.45) is 5.16 Å². The van der Waals surface area contributed by atoms with Crippen molar-refractivity contribution in [3.63, 3.8) is 0 Å². The van der Waals surface area contributed by atoms with E-state index in [0.717, 1.165) is 23.3 Å². The van der Waals surface area contributed by atoms with E-state index >= 15 is 0 Å². The molecule has 0 saturated carbocycles. The number of oxime groups is 1. The molecule has 2 aromatic carbocycles. The molecule has 0 radical (unpaired) electrons. The number of hydrogen-bond acceptors (Lipinski definition) is 2. The second-order valence-electron chi connectivity index (χ2n) is 4.88. The first-order valence-electron chi connectivity index (χ1n) is 6.38. The molecule has 0 spiro atoms. The second-order valence-corrected chi connectivity index (χ2v) is 5.69. The van der Waals surface area contributed by atoms with Crippen LogP contribution < -0.4 is 0 Å². The van der Waals surface area contributed by atoms with Crippen molar-refractivity contribution in [3.8, 4) is 0 Å². The van der Waals surface area contributed by atoms with Crippen molar-refractivity contribution in [1.82, 2.24) is 0 Å². The fraction of sp³-hybridized carbons (Fsp3) is 0.188. The lowest BCUT2D eigenvalue weighted by Crippen LogP contribution is -2.01. The Bertz CT molecular complexity index is 665. The highest BCUT2D eigenvalue weighted by Crippen LogP contribution is 2.33. The van der Waals surface area contributed by atoms with E-state index in [0.29, 0.717) is 10.0 Å². The number of hydrogen-bond donors (Lipinski definition) is 0. The van der Waals surface area contributed by atoms with E-state index in [4.69, 9.17) is 28.0 Å². The Kier molecular flexibility index (Phi) is 3.68. The molecule has 0 N–H and O–H groups in total. The summed E-state index contributed by atoms with van der Waals surface area (Å²) >= 11 is 12.0. The first-order valence-corrected chi connectivity index (χ1v) is 7.14. The van der Waals surface area contributed by atoms with Gasteiger partial charge in [0.25, 0.3) is 0 Å². The Morgan fingerprint density at radius 1 is 1.05 bits per heavy atom. The minimum atomic E-state index is -0.0962. The summed E-state index contributed by atoms with van der Waals surface area (Å²) < 4.78 is 0. The molecule has 20 heavy (non-hydrogen) atoms. The molecule has 0 aromatic heterocycles. The van der Waals surface area contributed by atoms with Gasteiger partial charge in [0.1, 0.15) is 0 Å². The van der Waals surface area contributed by atoms with Crippen molar-refractivity contribution in [2.75, 3.05) is 0 Å². The van der Waals surface area contributed by atoms with E-state index in [1.807, 2.05) is 12.1 Å². The molecule has 1 aliphatic heterocycles. The van der Waals surface area contributed by atoms with Gasteiger partial charge in [-0.15, -0.1) is 0 Å². The lowest BCUT2D eigenvalue weighted by atomic mass is 10.00. The number of aryl methyl sites for hydroxylation is 1. The molecule has 0 saturated heterocycles. The molecule has 2 aromatic rings. The van der Waals surface area contributed by atoms with E-state index in [1.54, 1.807) is 6.07 Å². The number of benzene rings is 2. The van der Waals surface area contributed by atoms with E-state index in [9.17, 15) is 0 Å². The lowest BCUT2D eigenvalue weighted by Gasteiger charge is -2.09. The third kappa shape index (κ3) is 2.67. The predicted octanol–water partition coefficient (Wildman–Crippen LogP) is 5.17. The molecule has 3 rings (SSSR count). The van der Waals surface area contributed by atoms with Crippen LogP contribution in [0.3, 0.4) is 0 Å². The van der Waals surface area contributed by atoms with Crippen molar-refractivity contribution in [1.29, 1.82) is 0 Å². The maximum absolute atomic E-state index is 6.04. The minimum absolute atomic E-state index is 0.0962. The van der Waals surface area contributed by atoms with Gasteiger partial charge in [-0.3, -0.25) is 0 Å². The normalized spacial score (nSPS) is 17.8. The van der Waals surface area contributed by atoms with Gasteiger partial charge in [-0.05, 0) is 30.2 Å². The van der Waals surface area contributed by atoms with Gasteiger partial charge >= 0.3 is 0 Å². The third-order valence-electron chi connectivity index (χ3n) is 3.37. The molecule has 2 nitrogen and oxygen atoms in total. The fourth-order valence-electron chi connectivity index (χ4n) is 2.19. The zero-order valence-corrected chi connectivity index (χ0v) is 12.4. The quantitative estimate of drug-likeness (QED) is 0.750. The predicted molar refractivity (Wildman–Crippen MR) is 82.6 cm³/mol. The number of rotatable bonds is 2. The summed E-state index contributed by atoms with van der Waals surface area (Å²) in [5.41, 5.74) is 4.28. The summed E-state index contributed by atoms with van der Waals surface area (Å²) in [4.78, 5) is 5.52. The number of halogens is 2. The van der Waals surface area contributed by atoms with Gasteiger partial charge in [-0.1, -0.05) is 64.3 Å². The van der Waals surface area contributed by atoms with Gasteiger partial charge in [-0.2, -0.15) is 0 Å². The Labute approximate surface area is 128 Å². The van der Waals surface area contributed by atoms with Crippen LogP contribution in [0.2, 0.25) is 10.0 Å². The summed E-state index contributed by atoms with van der Waals surface area (Å²) in [6.07, 6.45) is 0.641. The Balaban J connectivity index is 1.78. The molecule has 102 valence electrons. The molecule has 1 heterocycles. The molecule has 4 heteroatoms. The molecule has 1 atom stereocenters. The smallest absolute Gasteiger partial charge is 0.158 e. The highest BCUT2D eigenvalue weighted by atomic mass is 35.5. The average molecular weight is 306 g/mol. The van der Waals surface area contributed by atoms with Gasteiger partial charge in [0.05, 0.1) is 15.8 Å². The van der Waals surface area contributed by atoms with E-state index < -0.39 is 0 Å². The van der Waals surface area contributed by atoms with Gasteiger partial charge in [0.2, 0.25) is 0 Å². The Hall–Kier alpha value is -1.51. The molecule has 0 aliphatic carbocycles. The van der Waals surface area contributed by atoms with Crippen LogP contribution in [0.5, 0.6) is 0 Å². The maximum Gasteiger partial charge on any atom is 0.158 e. The van der Waals surface area contributed by atoms with Crippen LogP contribution in [0.4, 0.5) is 0 Å². The highest BCUT2D eigenvalue weighted by Gasteiger charge is 2.24. The van der Waals surface area contributed by atoms with Crippen LogP contribution in [0.15, 0.2) is 47.6 Å². The van der Waals surface area contributed by atoms with E-state index in [2.05, 4.69) is 36.3 Å². The average Bonchev–Trinajstić information content (AvgIpc) is 2.92. The van der Waals surface area contributed by atoms with Crippen molar-refractivity contribution >= 4 is 28.9 Å². The van der Waals surface area contributed by atoms with Crippen LogP contribution >= 0.6 is 23.2 Å². The van der Waals surface area contributed by atoms with Crippen LogP contribution in [-0.2, 0) is 4.84 Å². The first kappa shape index (κ1) is 13.5. The van der Waals surface area contributed by atoms with Crippen LogP contribution in [0, 0.1) is 6.92 Å². The van der Waals surface area contributed by atoms with Crippen molar-refractivity contribution in [2.45, 2.75) is 19.4 Å². The summed E-state index contributed by atoms with van der Waals surface area (Å²) in [6, 6.07) is 13.8. The first-order chi connectivity index (χ1) is 9.63. The minimum Gasteiger partial charge on any atom is -0.387 e. The monoisotopic (exact) mass is 305 g/mol. The zero-order chi connectivity index (χ0) is 14.1. The lowest BCUT2D eigenvalue weighted by molar-refractivity contribution is 0.0857. The Morgan fingerprint density at radius 3 is 2.50 bits per heavy atom. The van der Waals surface area contributed by atoms with Gasteiger partial charge < -0.3 is 4.84 Å². The molecule has 0 bridgehead atoms. The standard InChI is InChI=1S/C16H13Cl2NO/c1-10-2-4-11(5-3-10)15-9-16(20-19-15)12-6-7-13(17)14(18)8-12/h2-8,16H,9H2,1H3. The molecular formula is C16H13Cl2NO. The topological polar surface area (TPSA) is 21.6 Å². The van der Waals surface area contributed by atoms with E-state index in [1.165, 1.54) is 5.56 Å². The van der Waals surface area contributed by atoms with Crippen LogP contribution in [0.25, 0.3) is 0 Å². The summed E-state index contributed by atoms with van der Waals surface area (Å²) in [5.74, 6) is 0. The number of nitrogens with zero attached hydrogens (tertiary/aromatic N) is 1. The van der Waals surface area contributed by atoms with Gasteiger partial charge in [0.15, 0.2) is 6.10 Å². The van der Waals surface area contributed by atoms with Crippen LogP contribution in [0.1, 0.15) is 29.2 Å². The Morgan fingerprint density at radius 2 is 1.80 bits per heavy atom. The molecule has 1 unspecified atom stereocenters. The van der Waals surface area contributed by atoms with E-state index in [-0.39, 0.29) is 6.10 Å². The summed E-state index contributed by atoms with van der Waals surface area (Å²) in [7, 11) is 0. The van der Waals surface area contributed by atoms with Gasteiger partial charge in [-0.25, -0.2) is 0 Å². The maximum atomic E-state index is 6.04. The highest BCUT2D eigenvalue weighted by molar-refractivity contribution is 6.42. The summed E-state index contributed by atoms with van der Waals surface area (Å²) in [5, 5.41) is 5.27. The van der Waals surface area contributed by atoms with Crippen molar-refractivity contribution < 1.29 is 4.84 Å². The SMILES string of the molecule is Cc1ccc(C2=NOC(c3ccc(Cl)c(Cl)c3)C2)cc1. The zero-order valence-electron chi connectivity index (χ0n) is 10.9. The fourth-order valence-corrected chi connectivity index (χ4v) is 2.49. The summed E-state index contributed by atoms with van der Waals surface area (Å²) in [6.45, 7) is 2.06. The van der Waals surface area contributed by atoms with Gasteiger partial charge in [0, 0.05) is 6.42 Å². The molecule has 0 fully saturated rings. The second kappa shape index (κ2) is 5.47. The van der Waals surface area contributed by atoms with Crippen molar-refractivity contribution in [3.05, 3.63) is 69.2 Å².